The highest BCUT2D eigenvalue weighted by Gasteiger charge is 2.30. The molecule has 0 atom stereocenters. The lowest BCUT2D eigenvalue weighted by Gasteiger charge is -2.18. The Hall–Kier alpha value is -2.06. The summed E-state index contributed by atoms with van der Waals surface area (Å²) in [5, 5.41) is 15.4. The van der Waals surface area contributed by atoms with E-state index in [1.165, 1.54) is 6.92 Å². The standard InChI is InChI=1S/C15H22F3N3O3/c1-9-11(10(2)21(20-9)8-15(16,17)18)7-12(22)19-6-5-14(3,4)13(23)24/h5-8H2,1-4H3,(H,19,22)(H,23,24). The van der Waals surface area contributed by atoms with E-state index in [4.69, 9.17) is 5.11 Å². The topological polar surface area (TPSA) is 84.2 Å². The van der Waals surface area contributed by atoms with Gasteiger partial charge in [-0.2, -0.15) is 18.3 Å². The molecule has 9 heteroatoms. The Kier molecular flexibility index (Phi) is 6.02. The molecular weight excluding hydrogens is 327 g/mol. The van der Waals surface area contributed by atoms with Gasteiger partial charge in [0.2, 0.25) is 5.91 Å². The molecule has 0 saturated heterocycles. The second-order valence-corrected chi connectivity index (χ2v) is 6.39. The number of aryl methyl sites for hydroxylation is 1. The molecule has 0 aliphatic carbocycles. The molecular formula is C15H22F3N3O3. The molecule has 0 spiro atoms. The van der Waals surface area contributed by atoms with Gasteiger partial charge in [0, 0.05) is 17.8 Å². The largest absolute Gasteiger partial charge is 0.481 e. The van der Waals surface area contributed by atoms with Crippen molar-refractivity contribution in [3.63, 3.8) is 0 Å². The number of alkyl halides is 3. The summed E-state index contributed by atoms with van der Waals surface area (Å²) in [6.07, 6.45) is -4.23. The molecule has 0 aromatic carbocycles. The Morgan fingerprint density at radius 1 is 1.25 bits per heavy atom. The van der Waals surface area contributed by atoms with Crippen LogP contribution in [0.1, 0.15) is 37.2 Å². The van der Waals surface area contributed by atoms with E-state index in [1.54, 1.807) is 20.8 Å². The van der Waals surface area contributed by atoms with Gasteiger partial charge >= 0.3 is 12.1 Å². The summed E-state index contributed by atoms with van der Waals surface area (Å²) in [4.78, 5) is 22.9. The summed E-state index contributed by atoms with van der Waals surface area (Å²) < 4.78 is 38.3. The van der Waals surface area contributed by atoms with Crippen molar-refractivity contribution in [1.82, 2.24) is 15.1 Å². The number of aliphatic carboxylic acids is 1. The van der Waals surface area contributed by atoms with Crippen LogP contribution >= 0.6 is 0 Å². The Labute approximate surface area is 138 Å². The van der Waals surface area contributed by atoms with E-state index in [2.05, 4.69) is 10.4 Å². The molecule has 136 valence electrons. The Morgan fingerprint density at radius 3 is 2.33 bits per heavy atom. The highest BCUT2D eigenvalue weighted by Crippen LogP contribution is 2.22. The number of halogens is 3. The number of rotatable bonds is 7. The number of carboxylic acids is 1. The fourth-order valence-electron chi connectivity index (χ4n) is 2.16. The van der Waals surface area contributed by atoms with Crippen molar-refractivity contribution in [1.29, 1.82) is 0 Å². The maximum atomic E-state index is 12.5. The maximum absolute atomic E-state index is 12.5. The molecule has 0 unspecified atom stereocenters. The molecule has 1 heterocycles. The van der Waals surface area contributed by atoms with E-state index in [0.717, 1.165) is 4.68 Å². The molecule has 6 nitrogen and oxygen atoms in total. The number of nitrogens with zero attached hydrogens (tertiary/aromatic N) is 2. The van der Waals surface area contributed by atoms with Gasteiger partial charge in [0.15, 0.2) is 0 Å². The maximum Gasteiger partial charge on any atom is 0.408 e. The number of hydrogen-bond donors (Lipinski definition) is 2. The first kappa shape index (κ1) is 20.0. The second kappa shape index (κ2) is 7.23. The van der Waals surface area contributed by atoms with E-state index in [-0.39, 0.29) is 25.3 Å². The summed E-state index contributed by atoms with van der Waals surface area (Å²) >= 11 is 0. The predicted molar refractivity (Wildman–Crippen MR) is 80.5 cm³/mol. The normalized spacial score (nSPS) is 12.3. The van der Waals surface area contributed by atoms with Gasteiger partial charge in [-0.25, -0.2) is 0 Å². The molecule has 1 amide bonds. The lowest BCUT2D eigenvalue weighted by Crippen LogP contribution is -2.32. The second-order valence-electron chi connectivity index (χ2n) is 6.39. The van der Waals surface area contributed by atoms with E-state index in [0.29, 0.717) is 17.0 Å². The van der Waals surface area contributed by atoms with E-state index in [9.17, 15) is 22.8 Å². The van der Waals surface area contributed by atoms with E-state index >= 15 is 0 Å². The monoisotopic (exact) mass is 349 g/mol. The molecule has 1 aromatic rings. The molecule has 0 aliphatic rings. The minimum atomic E-state index is -4.38. The van der Waals surface area contributed by atoms with Gasteiger partial charge in [-0.3, -0.25) is 14.3 Å². The molecule has 0 fully saturated rings. The van der Waals surface area contributed by atoms with Crippen LogP contribution in [-0.4, -0.2) is 39.5 Å². The molecule has 1 rings (SSSR count). The third kappa shape index (κ3) is 5.54. The quantitative estimate of drug-likeness (QED) is 0.791. The summed E-state index contributed by atoms with van der Waals surface area (Å²) in [5.41, 5.74) is 0.161. The lowest BCUT2D eigenvalue weighted by molar-refractivity contribution is -0.147. The van der Waals surface area contributed by atoms with E-state index in [1.807, 2.05) is 0 Å². The Bertz CT molecular complexity index is 621. The van der Waals surface area contributed by atoms with Crippen molar-refractivity contribution in [3.05, 3.63) is 17.0 Å². The minimum Gasteiger partial charge on any atom is -0.481 e. The first-order valence-electron chi connectivity index (χ1n) is 7.43. The average Bonchev–Trinajstić information content (AvgIpc) is 2.64. The van der Waals surface area contributed by atoms with Crippen molar-refractivity contribution in [2.45, 2.75) is 53.3 Å². The zero-order valence-corrected chi connectivity index (χ0v) is 14.1. The van der Waals surface area contributed by atoms with Gasteiger partial charge in [-0.1, -0.05) is 0 Å². The van der Waals surface area contributed by atoms with Crippen molar-refractivity contribution in [3.8, 4) is 0 Å². The van der Waals surface area contributed by atoms with Crippen LogP contribution in [0.3, 0.4) is 0 Å². The number of carbonyl (C=O) groups excluding carboxylic acids is 1. The average molecular weight is 349 g/mol. The van der Waals surface area contributed by atoms with Gasteiger partial charge in [-0.05, 0) is 34.1 Å². The Morgan fingerprint density at radius 2 is 1.83 bits per heavy atom. The third-order valence-electron chi connectivity index (χ3n) is 3.85. The van der Waals surface area contributed by atoms with Gasteiger partial charge < -0.3 is 10.4 Å². The van der Waals surface area contributed by atoms with Crippen molar-refractivity contribution >= 4 is 11.9 Å². The van der Waals surface area contributed by atoms with Gasteiger partial charge in [0.25, 0.3) is 0 Å². The number of hydrogen-bond acceptors (Lipinski definition) is 3. The lowest BCUT2D eigenvalue weighted by atomic mass is 9.90. The summed E-state index contributed by atoms with van der Waals surface area (Å²) in [5.74, 6) is -1.34. The van der Waals surface area contributed by atoms with Gasteiger partial charge in [0.1, 0.15) is 6.54 Å². The van der Waals surface area contributed by atoms with Crippen molar-refractivity contribution < 1.29 is 27.9 Å². The smallest absolute Gasteiger partial charge is 0.408 e. The number of amides is 1. The molecule has 0 aliphatic heterocycles. The molecule has 24 heavy (non-hydrogen) atoms. The first-order valence-corrected chi connectivity index (χ1v) is 7.43. The van der Waals surface area contributed by atoms with Crippen LogP contribution in [0.5, 0.6) is 0 Å². The van der Waals surface area contributed by atoms with Crippen LogP contribution in [0.2, 0.25) is 0 Å². The summed E-state index contributed by atoms with van der Waals surface area (Å²) in [7, 11) is 0. The summed E-state index contributed by atoms with van der Waals surface area (Å²) in [6, 6.07) is 0. The highest BCUT2D eigenvalue weighted by atomic mass is 19.4. The molecule has 0 bridgehead atoms. The van der Waals surface area contributed by atoms with Gasteiger partial charge in [0.05, 0.1) is 17.5 Å². The number of carbonyl (C=O) groups is 2. The summed E-state index contributed by atoms with van der Waals surface area (Å²) in [6.45, 7) is 5.12. The van der Waals surface area contributed by atoms with Crippen LogP contribution in [0.25, 0.3) is 0 Å². The molecule has 0 radical (unpaired) electrons. The van der Waals surface area contributed by atoms with Gasteiger partial charge in [-0.15, -0.1) is 0 Å². The number of nitrogens with one attached hydrogen (secondary N) is 1. The molecule has 1 aromatic heterocycles. The minimum absolute atomic E-state index is 0.0942. The third-order valence-corrected chi connectivity index (χ3v) is 3.85. The van der Waals surface area contributed by atoms with Crippen LogP contribution in [0.15, 0.2) is 0 Å². The SMILES string of the molecule is Cc1nn(CC(F)(F)F)c(C)c1CC(=O)NCCC(C)(C)C(=O)O. The van der Waals surface area contributed by atoms with Crippen LogP contribution in [0, 0.1) is 19.3 Å². The number of aromatic nitrogens is 2. The molecule has 2 N–H and O–H groups in total. The highest BCUT2D eigenvalue weighted by molar-refractivity contribution is 5.79. The fourth-order valence-corrected chi connectivity index (χ4v) is 2.16. The van der Waals surface area contributed by atoms with Crippen molar-refractivity contribution in [2.75, 3.05) is 6.54 Å². The zero-order chi connectivity index (χ0) is 18.7. The van der Waals surface area contributed by atoms with Crippen molar-refractivity contribution in [2.24, 2.45) is 5.41 Å². The predicted octanol–water partition coefficient (Wildman–Crippen LogP) is 2.22. The van der Waals surface area contributed by atoms with Crippen LogP contribution < -0.4 is 5.32 Å². The fraction of sp³-hybridized carbons (Fsp3) is 0.667. The number of carboxylic acid groups (broad SMARTS) is 1. The molecule has 0 saturated carbocycles. The zero-order valence-electron chi connectivity index (χ0n) is 14.1. The first-order chi connectivity index (χ1) is 10.8. The van der Waals surface area contributed by atoms with Crippen LogP contribution in [-0.2, 0) is 22.6 Å². The van der Waals surface area contributed by atoms with E-state index < -0.39 is 24.1 Å². The Balaban J connectivity index is 2.66. The van der Waals surface area contributed by atoms with Crippen LogP contribution in [0.4, 0.5) is 13.2 Å².